The maximum atomic E-state index is 11.1. The van der Waals surface area contributed by atoms with Gasteiger partial charge in [0.25, 0.3) is 5.69 Å². The number of carboxylic acid groups (broad SMARTS) is 1. The molecule has 0 aliphatic carbocycles. The van der Waals surface area contributed by atoms with Crippen molar-refractivity contribution in [3.63, 3.8) is 0 Å². The monoisotopic (exact) mass is 287 g/mol. The van der Waals surface area contributed by atoms with Crippen molar-refractivity contribution in [2.45, 2.75) is 19.8 Å². The number of carbonyl (C=O) groups is 1. The number of non-ortho nitro benzene ring substituents is 1. The number of nitro groups is 1. The van der Waals surface area contributed by atoms with Crippen molar-refractivity contribution in [3.8, 4) is 11.4 Å². The summed E-state index contributed by atoms with van der Waals surface area (Å²) in [6.45, 7) is 3.65. The van der Waals surface area contributed by atoms with Crippen LogP contribution in [0.3, 0.4) is 0 Å². The van der Waals surface area contributed by atoms with Crippen LogP contribution in [0, 0.1) is 10.1 Å². The first-order valence-electron chi connectivity index (χ1n) is 6.25. The zero-order valence-corrected chi connectivity index (χ0v) is 11.5. The number of aromatic carboxylic acids is 1. The van der Waals surface area contributed by atoms with E-state index in [9.17, 15) is 14.9 Å². The van der Waals surface area contributed by atoms with Crippen LogP contribution in [-0.2, 0) is 0 Å². The molecule has 1 heterocycles. The van der Waals surface area contributed by atoms with Crippen LogP contribution < -0.4 is 0 Å². The molecular weight excluding hydrogens is 274 g/mol. The second kappa shape index (κ2) is 5.66. The highest BCUT2D eigenvalue weighted by atomic mass is 16.6. The summed E-state index contributed by atoms with van der Waals surface area (Å²) in [6, 6.07) is 5.92. The fraction of sp³-hybridized carbons (Fsp3) is 0.214. The number of carboxylic acids is 1. The molecule has 0 unspecified atom stereocenters. The minimum absolute atomic E-state index is 0.0409. The molecule has 0 bridgehead atoms. The Labute approximate surface area is 120 Å². The van der Waals surface area contributed by atoms with Gasteiger partial charge in [0, 0.05) is 23.9 Å². The number of nitrogens with zero attached hydrogens (tertiary/aromatic N) is 3. The summed E-state index contributed by atoms with van der Waals surface area (Å²) in [6.07, 6.45) is 1.23. The molecule has 0 aliphatic heterocycles. The first-order chi connectivity index (χ1) is 9.90. The van der Waals surface area contributed by atoms with Crippen molar-refractivity contribution in [2.24, 2.45) is 0 Å². The maximum absolute atomic E-state index is 11.1. The third-order valence-corrected chi connectivity index (χ3v) is 2.91. The predicted molar refractivity (Wildman–Crippen MR) is 75.2 cm³/mol. The first-order valence-corrected chi connectivity index (χ1v) is 6.25. The molecule has 2 rings (SSSR count). The zero-order valence-electron chi connectivity index (χ0n) is 11.5. The van der Waals surface area contributed by atoms with Gasteiger partial charge in [0.1, 0.15) is 0 Å². The SMILES string of the molecule is CC(C)c1nc(-c2cccc([N+](=O)[O-])c2)ncc1C(=O)O. The van der Waals surface area contributed by atoms with E-state index in [1.807, 2.05) is 13.8 Å². The molecule has 1 aromatic carbocycles. The summed E-state index contributed by atoms with van der Waals surface area (Å²) in [4.78, 5) is 29.7. The topological polar surface area (TPSA) is 106 Å². The Morgan fingerprint density at radius 1 is 1.38 bits per heavy atom. The highest BCUT2D eigenvalue weighted by molar-refractivity contribution is 5.89. The van der Waals surface area contributed by atoms with Gasteiger partial charge in [-0.2, -0.15) is 0 Å². The third-order valence-electron chi connectivity index (χ3n) is 2.91. The number of nitro benzene ring substituents is 1. The molecule has 0 atom stereocenters. The van der Waals surface area contributed by atoms with E-state index in [4.69, 9.17) is 5.11 Å². The van der Waals surface area contributed by atoms with Crippen molar-refractivity contribution in [1.29, 1.82) is 0 Å². The van der Waals surface area contributed by atoms with Crippen molar-refractivity contribution < 1.29 is 14.8 Å². The van der Waals surface area contributed by atoms with Crippen molar-refractivity contribution in [1.82, 2.24) is 9.97 Å². The van der Waals surface area contributed by atoms with E-state index >= 15 is 0 Å². The molecule has 0 aliphatic rings. The van der Waals surface area contributed by atoms with E-state index in [0.717, 1.165) is 0 Å². The number of aromatic nitrogens is 2. The summed E-state index contributed by atoms with van der Waals surface area (Å²) in [7, 11) is 0. The molecule has 0 saturated heterocycles. The van der Waals surface area contributed by atoms with E-state index in [1.54, 1.807) is 6.07 Å². The van der Waals surface area contributed by atoms with Gasteiger partial charge in [0.05, 0.1) is 16.2 Å². The molecule has 21 heavy (non-hydrogen) atoms. The molecule has 0 radical (unpaired) electrons. The van der Waals surface area contributed by atoms with Crippen LogP contribution >= 0.6 is 0 Å². The molecular formula is C14H13N3O4. The Balaban J connectivity index is 2.55. The Hall–Kier alpha value is -2.83. The lowest BCUT2D eigenvalue weighted by atomic mass is 10.0. The van der Waals surface area contributed by atoms with E-state index in [0.29, 0.717) is 11.3 Å². The molecule has 1 N–H and O–H groups in total. The van der Waals surface area contributed by atoms with Crippen LogP contribution in [0.1, 0.15) is 35.8 Å². The second-order valence-electron chi connectivity index (χ2n) is 4.76. The van der Waals surface area contributed by atoms with Gasteiger partial charge in [-0.25, -0.2) is 14.8 Å². The summed E-state index contributed by atoms with van der Waals surface area (Å²) >= 11 is 0. The fourth-order valence-electron chi connectivity index (χ4n) is 1.90. The van der Waals surface area contributed by atoms with Gasteiger partial charge in [-0.3, -0.25) is 10.1 Å². The molecule has 7 nitrogen and oxygen atoms in total. The van der Waals surface area contributed by atoms with Crippen LogP contribution in [-0.4, -0.2) is 26.0 Å². The largest absolute Gasteiger partial charge is 0.478 e. The third kappa shape index (κ3) is 3.02. The van der Waals surface area contributed by atoms with E-state index in [-0.39, 0.29) is 23.0 Å². The van der Waals surface area contributed by atoms with Crippen LogP contribution in [0.4, 0.5) is 5.69 Å². The van der Waals surface area contributed by atoms with Gasteiger partial charge in [-0.15, -0.1) is 0 Å². The Morgan fingerprint density at radius 2 is 2.10 bits per heavy atom. The second-order valence-corrected chi connectivity index (χ2v) is 4.76. The molecule has 1 aromatic heterocycles. The standard InChI is InChI=1S/C14H13N3O4/c1-8(2)12-11(14(18)19)7-15-13(16-12)9-4-3-5-10(6-9)17(20)21/h3-8H,1-2H3,(H,18,19). The summed E-state index contributed by atoms with van der Waals surface area (Å²) in [5, 5.41) is 19.9. The van der Waals surface area contributed by atoms with Crippen molar-refractivity contribution in [3.05, 3.63) is 51.8 Å². The minimum Gasteiger partial charge on any atom is -0.478 e. The van der Waals surface area contributed by atoms with Gasteiger partial charge >= 0.3 is 5.97 Å². The molecule has 0 spiro atoms. The Morgan fingerprint density at radius 3 is 2.67 bits per heavy atom. The number of benzene rings is 1. The van der Waals surface area contributed by atoms with Gasteiger partial charge in [0.15, 0.2) is 5.82 Å². The minimum atomic E-state index is -1.09. The van der Waals surface area contributed by atoms with E-state index < -0.39 is 10.9 Å². The Bertz CT molecular complexity index is 713. The number of hydrogen-bond acceptors (Lipinski definition) is 5. The lowest BCUT2D eigenvalue weighted by Gasteiger charge is -2.10. The van der Waals surface area contributed by atoms with Crippen LogP contribution in [0.2, 0.25) is 0 Å². The van der Waals surface area contributed by atoms with Crippen LogP contribution in [0.25, 0.3) is 11.4 Å². The zero-order chi connectivity index (χ0) is 15.6. The van der Waals surface area contributed by atoms with Gasteiger partial charge in [-0.05, 0) is 5.92 Å². The lowest BCUT2D eigenvalue weighted by molar-refractivity contribution is -0.384. The first kappa shape index (κ1) is 14.6. The summed E-state index contributed by atoms with van der Waals surface area (Å²) in [5.74, 6) is -0.923. The van der Waals surface area contributed by atoms with Crippen molar-refractivity contribution in [2.75, 3.05) is 0 Å². The molecule has 0 fully saturated rings. The highest BCUT2D eigenvalue weighted by Crippen LogP contribution is 2.24. The van der Waals surface area contributed by atoms with Crippen LogP contribution in [0.5, 0.6) is 0 Å². The Kier molecular flexibility index (Phi) is 3.93. The van der Waals surface area contributed by atoms with Crippen LogP contribution in [0.15, 0.2) is 30.5 Å². The number of rotatable bonds is 4. The molecule has 2 aromatic rings. The lowest BCUT2D eigenvalue weighted by Crippen LogP contribution is -2.08. The average molecular weight is 287 g/mol. The van der Waals surface area contributed by atoms with Gasteiger partial charge in [0.2, 0.25) is 0 Å². The summed E-state index contributed by atoms with van der Waals surface area (Å²) < 4.78 is 0. The van der Waals surface area contributed by atoms with Gasteiger partial charge in [-0.1, -0.05) is 26.0 Å². The molecule has 0 amide bonds. The molecule has 7 heteroatoms. The van der Waals surface area contributed by atoms with Gasteiger partial charge < -0.3 is 5.11 Å². The smallest absolute Gasteiger partial charge is 0.339 e. The highest BCUT2D eigenvalue weighted by Gasteiger charge is 2.17. The molecule has 108 valence electrons. The van der Waals surface area contributed by atoms with E-state index in [2.05, 4.69) is 9.97 Å². The maximum Gasteiger partial charge on any atom is 0.339 e. The molecule has 0 saturated carbocycles. The predicted octanol–water partition coefficient (Wildman–Crippen LogP) is 2.87. The number of hydrogen-bond donors (Lipinski definition) is 1. The fourth-order valence-corrected chi connectivity index (χ4v) is 1.90. The normalized spacial score (nSPS) is 10.6. The van der Waals surface area contributed by atoms with Crippen molar-refractivity contribution >= 4 is 11.7 Å². The van der Waals surface area contributed by atoms with E-state index in [1.165, 1.54) is 24.4 Å². The quantitative estimate of drug-likeness (QED) is 0.684. The summed E-state index contributed by atoms with van der Waals surface area (Å²) in [5.41, 5.74) is 0.853. The average Bonchev–Trinajstić information content (AvgIpc) is 2.46.